The first-order valence-corrected chi connectivity index (χ1v) is 13.6. The van der Waals surface area contributed by atoms with E-state index in [1.807, 2.05) is 6.07 Å². The summed E-state index contributed by atoms with van der Waals surface area (Å²) in [7, 11) is -0.510. The topological polar surface area (TPSA) is 85.9 Å². The molecule has 39 heavy (non-hydrogen) atoms. The molecule has 0 unspecified atom stereocenters. The predicted octanol–water partition coefficient (Wildman–Crippen LogP) is 5.97. The average Bonchev–Trinajstić information content (AvgIpc) is 3.30. The molecule has 3 aromatic carbocycles. The van der Waals surface area contributed by atoms with Crippen LogP contribution in [0.5, 0.6) is 0 Å². The molecule has 1 amide bonds. The molecule has 4 rings (SSSR count). The Balaban J connectivity index is 1.95. The molecule has 4 aromatic rings. The van der Waals surface area contributed by atoms with Gasteiger partial charge in [-0.2, -0.15) is 0 Å². The van der Waals surface area contributed by atoms with E-state index in [1.54, 1.807) is 22.7 Å². The second-order valence-electron chi connectivity index (χ2n) is 8.94. The number of hydrogen-bond acceptors (Lipinski definition) is 6. The van der Waals surface area contributed by atoms with E-state index in [0.717, 1.165) is 18.4 Å². The summed E-state index contributed by atoms with van der Waals surface area (Å²) in [4.78, 5) is 13.0. The monoisotopic (exact) mass is 556 g/mol. The lowest BCUT2D eigenvalue weighted by Crippen LogP contribution is -2.33. The van der Waals surface area contributed by atoms with Crippen molar-refractivity contribution in [1.82, 2.24) is 5.32 Å². The number of unbranched alkanes of at least 4 members (excludes halogenated alkanes) is 1. The Labute approximate surface area is 229 Å². The molecule has 0 aliphatic carbocycles. The van der Waals surface area contributed by atoms with E-state index >= 15 is 0 Å². The van der Waals surface area contributed by atoms with Crippen LogP contribution in [0, 0.1) is 5.82 Å². The summed E-state index contributed by atoms with van der Waals surface area (Å²) in [5.74, 6) is -0.484. The van der Waals surface area contributed by atoms with Crippen molar-refractivity contribution in [3.63, 3.8) is 0 Å². The maximum Gasteiger partial charge on any atom is 0.488 e. The molecule has 0 saturated carbocycles. The minimum absolute atomic E-state index is 0.262. The third-order valence-corrected chi connectivity index (χ3v) is 7.24. The smallest absolute Gasteiger partial charge is 0.455 e. The number of carbonyl (C=O) groups is 1. The van der Waals surface area contributed by atoms with Crippen molar-refractivity contribution in [2.75, 3.05) is 17.6 Å². The molecule has 0 saturated heterocycles. The molecule has 0 aliphatic heterocycles. The maximum absolute atomic E-state index is 13.8. The fourth-order valence-electron chi connectivity index (χ4n) is 4.54. The molecular formula is C28H28BF3N2O4S. The summed E-state index contributed by atoms with van der Waals surface area (Å²) < 4.78 is 49.2. The SMILES string of the molecule is CCCCc1cc2c(C(=O)NC)c(-c3ccc(F)cc3)oc2cc1N(SC)c1ccc(B(O)O)c(C(F)F)c1. The van der Waals surface area contributed by atoms with E-state index in [2.05, 4.69) is 12.2 Å². The molecule has 1 heterocycles. The van der Waals surface area contributed by atoms with E-state index in [9.17, 15) is 28.0 Å². The number of nitrogens with one attached hydrogen (secondary N) is 1. The number of hydrogen-bond donors (Lipinski definition) is 3. The second kappa shape index (κ2) is 12.2. The predicted molar refractivity (Wildman–Crippen MR) is 150 cm³/mol. The van der Waals surface area contributed by atoms with Crippen LogP contribution < -0.4 is 15.1 Å². The minimum atomic E-state index is -2.91. The quantitative estimate of drug-likeness (QED) is 0.165. The van der Waals surface area contributed by atoms with Crippen LogP contribution >= 0.6 is 11.9 Å². The molecular weight excluding hydrogens is 528 g/mol. The van der Waals surface area contributed by atoms with Crippen LogP contribution in [0.25, 0.3) is 22.3 Å². The number of furan rings is 1. The molecule has 11 heteroatoms. The van der Waals surface area contributed by atoms with Gasteiger partial charge >= 0.3 is 7.12 Å². The summed E-state index contributed by atoms with van der Waals surface area (Å²) in [5.41, 5.74) is 2.49. The lowest BCUT2D eigenvalue weighted by atomic mass is 9.77. The Bertz CT molecular complexity index is 1480. The molecule has 3 N–H and O–H groups in total. The van der Waals surface area contributed by atoms with E-state index in [-0.39, 0.29) is 11.4 Å². The van der Waals surface area contributed by atoms with Crippen molar-refractivity contribution in [2.45, 2.75) is 32.6 Å². The number of nitrogens with zero attached hydrogens (tertiary/aromatic N) is 1. The van der Waals surface area contributed by atoms with E-state index < -0.39 is 24.9 Å². The number of alkyl halides is 2. The number of anilines is 2. The standard InChI is InChI=1S/C28H28BF3N2O4S/c1-4-5-6-17-13-21-24(38-26(25(21)28(35)33-2)16-7-9-18(30)10-8-16)15-23(17)34(39-3)19-11-12-22(29(36)37)20(14-19)27(31)32/h7-15,27,36-37H,4-6H2,1-3H3,(H,33,35). The highest BCUT2D eigenvalue weighted by Crippen LogP contribution is 2.42. The highest BCUT2D eigenvalue weighted by atomic mass is 32.2. The Morgan fingerprint density at radius 2 is 1.85 bits per heavy atom. The number of aryl methyl sites for hydroxylation is 1. The minimum Gasteiger partial charge on any atom is -0.455 e. The van der Waals surface area contributed by atoms with E-state index in [0.29, 0.717) is 45.7 Å². The Morgan fingerprint density at radius 1 is 1.13 bits per heavy atom. The lowest BCUT2D eigenvalue weighted by molar-refractivity contribution is 0.0964. The van der Waals surface area contributed by atoms with Gasteiger partial charge in [-0.05, 0) is 78.3 Å². The molecule has 0 aliphatic rings. The van der Waals surface area contributed by atoms with Crippen LogP contribution in [-0.2, 0) is 6.42 Å². The molecule has 0 atom stereocenters. The van der Waals surface area contributed by atoms with Crippen LogP contribution in [0.1, 0.15) is 47.7 Å². The van der Waals surface area contributed by atoms with E-state index in [4.69, 9.17) is 4.42 Å². The summed E-state index contributed by atoms with van der Waals surface area (Å²) in [6, 6.07) is 13.4. The molecule has 1 aromatic heterocycles. The van der Waals surface area contributed by atoms with Crippen molar-refractivity contribution in [3.05, 3.63) is 77.1 Å². The van der Waals surface area contributed by atoms with Crippen LogP contribution in [0.3, 0.4) is 0 Å². The molecule has 0 spiro atoms. The summed E-state index contributed by atoms with van der Waals surface area (Å²) in [6.45, 7) is 2.05. The number of benzene rings is 3. The first-order valence-electron chi connectivity index (χ1n) is 12.4. The fourth-order valence-corrected chi connectivity index (χ4v) is 5.23. The van der Waals surface area contributed by atoms with Crippen molar-refractivity contribution in [2.24, 2.45) is 0 Å². The van der Waals surface area contributed by atoms with Gasteiger partial charge in [0, 0.05) is 35.9 Å². The third-order valence-electron chi connectivity index (χ3n) is 6.47. The van der Waals surface area contributed by atoms with Gasteiger partial charge in [-0.3, -0.25) is 9.10 Å². The van der Waals surface area contributed by atoms with Gasteiger partial charge in [0.25, 0.3) is 12.3 Å². The van der Waals surface area contributed by atoms with Crippen molar-refractivity contribution >= 4 is 52.8 Å². The largest absolute Gasteiger partial charge is 0.488 e. The highest BCUT2D eigenvalue weighted by molar-refractivity contribution is 8.00. The van der Waals surface area contributed by atoms with Gasteiger partial charge in [-0.15, -0.1) is 0 Å². The van der Waals surface area contributed by atoms with Gasteiger partial charge in [0.1, 0.15) is 17.2 Å². The summed E-state index contributed by atoms with van der Waals surface area (Å²) >= 11 is 1.29. The Morgan fingerprint density at radius 3 is 2.44 bits per heavy atom. The van der Waals surface area contributed by atoms with Crippen molar-refractivity contribution in [3.8, 4) is 11.3 Å². The van der Waals surface area contributed by atoms with Gasteiger partial charge in [0.2, 0.25) is 0 Å². The van der Waals surface area contributed by atoms with Gasteiger partial charge in [0.05, 0.1) is 16.9 Å². The molecule has 6 nitrogen and oxygen atoms in total. The van der Waals surface area contributed by atoms with Crippen LogP contribution in [0.2, 0.25) is 0 Å². The van der Waals surface area contributed by atoms with Crippen LogP contribution in [-0.4, -0.2) is 36.4 Å². The lowest BCUT2D eigenvalue weighted by Gasteiger charge is -2.26. The first kappa shape index (κ1) is 28.6. The molecule has 204 valence electrons. The Kier molecular flexibility index (Phi) is 8.94. The van der Waals surface area contributed by atoms with Crippen molar-refractivity contribution in [1.29, 1.82) is 0 Å². The summed E-state index contributed by atoms with van der Waals surface area (Å²) in [6.07, 6.45) is 1.29. The van der Waals surface area contributed by atoms with Crippen LogP contribution in [0.4, 0.5) is 24.5 Å². The van der Waals surface area contributed by atoms with Gasteiger partial charge in [-0.25, -0.2) is 13.2 Å². The number of carbonyl (C=O) groups excluding carboxylic acids is 1. The Hall–Kier alpha value is -3.41. The van der Waals surface area contributed by atoms with E-state index in [1.165, 1.54) is 55.4 Å². The van der Waals surface area contributed by atoms with Gasteiger partial charge < -0.3 is 19.8 Å². The van der Waals surface area contributed by atoms with Gasteiger partial charge in [-0.1, -0.05) is 19.4 Å². The average molecular weight is 556 g/mol. The maximum atomic E-state index is 13.8. The number of fused-ring (bicyclic) bond motifs is 1. The zero-order valence-electron chi connectivity index (χ0n) is 21.7. The second-order valence-corrected chi connectivity index (χ2v) is 9.67. The number of halogens is 3. The highest BCUT2D eigenvalue weighted by Gasteiger charge is 2.27. The fraction of sp³-hybridized carbons (Fsp3) is 0.250. The van der Waals surface area contributed by atoms with Crippen LogP contribution in [0.15, 0.2) is 59.0 Å². The summed E-state index contributed by atoms with van der Waals surface area (Å²) in [5, 5.41) is 22.3. The molecule has 0 radical (unpaired) electrons. The zero-order valence-corrected chi connectivity index (χ0v) is 22.5. The third kappa shape index (κ3) is 5.80. The van der Waals surface area contributed by atoms with Gasteiger partial charge in [0.15, 0.2) is 0 Å². The number of amides is 1. The number of rotatable bonds is 10. The molecule has 0 fully saturated rings. The molecule has 0 bridgehead atoms. The van der Waals surface area contributed by atoms with Crippen molar-refractivity contribution < 1.29 is 32.4 Å². The normalized spacial score (nSPS) is 11.3. The first-order chi connectivity index (χ1) is 18.7. The zero-order chi connectivity index (χ0) is 28.3.